The molecule has 2 aromatic rings. The van der Waals surface area contributed by atoms with Gasteiger partial charge in [-0.25, -0.2) is 4.98 Å². The van der Waals surface area contributed by atoms with Crippen molar-refractivity contribution in [1.29, 1.82) is 0 Å². The number of hydrogen-bond acceptors (Lipinski definition) is 4. The van der Waals surface area contributed by atoms with Crippen LogP contribution in [-0.2, 0) is 27.8 Å². The number of amides is 2. The van der Waals surface area contributed by atoms with Crippen LogP contribution in [0.5, 0.6) is 0 Å². The first-order valence-corrected chi connectivity index (χ1v) is 10.7. The third kappa shape index (κ3) is 2.61. The van der Waals surface area contributed by atoms with Crippen LogP contribution in [0.3, 0.4) is 0 Å². The molecule has 29 heavy (non-hydrogen) atoms. The summed E-state index contributed by atoms with van der Waals surface area (Å²) in [5, 5.41) is 5.97. The van der Waals surface area contributed by atoms with Gasteiger partial charge in [-0.05, 0) is 61.1 Å². The van der Waals surface area contributed by atoms with Crippen LogP contribution in [-0.4, -0.2) is 21.8 Å². The molecule has 148 valence electrons. The summed E-state index contributed by atoms with van der Waals surface area (Å²) >= 11 is 0. The van der Waals surface area contributed by atoms with Crippen LogP contribution in [0.15, 0.2) is 30.6 Å². The van der Waals surface area contributed by atoms with Crippen molar-refractivity contribution in [3.05, 3.63) is 47.4 Å². The molecule has 6 nitrogen and oxygen atoms in total. The zero-order chi connectivity index (χ0) is 19.6. The van der Waals surface area contributed by atoms with E-state index in [0.717, 1.165) is 34.3 Å². The van der Waals surface area contributed by atoms with Crippen LogP contribution in [0.4, 0.5) is 11.5 Å². The fraction of sp³-hybridized carbons (Fsp3) is 0.478. The Morgan fingerprint density at radius 3 is 3.00 bits per heavy atom. The van der Waals surface area contributed by atoms with Gasteiger partial charge in [0.05, 0.1) is 17.3 Å². The van der Waals surface area contributed by atoms with Crippen molar-refractivity contribution >= 4 is 23.3 Å². The fourth-order valence-corrected chi connectivity index (χ4v) is 6.26. The van der Waals surface area contributed by atoms with Gasteiger partial charge in [0.1, 0.15) is 5.82 Å². The lowest BCUT2D eigenvalue weighted by molar-refractivity contribution is -0.120. The van der Waals surface area contributed by atoms with Crippen molar-refractivity contribution in [1.82, 2.24) is 9.97 Å². The molecule has 2 fully saturated rings. The van der Waals surface area contributed by atoms with Gasteiger partial charge in [0.2, 0.25) is 11.8 Å². The lowest BCUT2D eigenvalue weighted by Gasteiger charge is -2.21. The number of nitrogens with one attached hydrogen (secondary N) is 2. The number of anilines is 2. The van der Waals surface area contributed by atoms with E-state index in [4.69, 9.17) is 0 Å². The average Bonchev–Trinajstić information content (AvgIpc) is 3.46. The summed E-state index contributed by atoms with van der Waals surface area (Å²) in [6.45, 7) is 0. The molecule has 0 radical (unpaired) electrons. The summed E-state index contributed by atoms with van der Waals surface area (Å²) in [5.41, 5.74) is 3.03. The standard InChI is InChI=1S/C23H24N4O2/c28-20(9-15-7-13-3-4-14(15)6-13)26-17-8-16-10-23(11-19(16)25-12-17)18-2-1-5-24-21(18)27-22(23)29/h1-2,5,8,12-15H,3-4,6-7,9-11H2,(H,26,28)(H,24,27,29). The van der Waals surface area contributed by atoms with E-state index in [1.165, 1.54) is 25.7 Å². The monoisotopic (exact) mass is 388 g/mol. The van der Waals surface area contributed by atoms with E-state index in [0.29, 0.717) is 31.0 Å². The topological polar surface area (TPSA) is 84.0 Å². The molecule has 1 aliphatic heterocycles. The zero-order valence-electron chi connectivity index (χ0n) is 16.3. The Bertz CT molecular complexity index is 1040. The first-order valence-electron chi connectivity index (χ1n) is 10.7. The van der Waals surface area contributed by atoms with E-state index >= 15 is 0 Å². The molecular weight excluding hydrogens is 364 g/mol. The lowest BCUT2D eigenvalue weighted by Crippen LogP contribution is -2.35. The maximum atomic E-state index is 12.8. The molecule has 3 aliphatic carbocycles. The number of carbonyl (C=O) groups excluding carboxylic acids is 2. The number of carbonyl (C=O) groups is 2. The molecule has 2 saturated carbocycles. The van der Waals surface area contributed by atoms with E-state index in [1.807, 2.05) is 18.2 Å². The third-order valence-electron chi connectivity index (χ3n) is 7.63. The second-order valence-corrected chi connectivity index (χ2v) is 9.31. The summed E-state index contributed by atoms with van der Waals surface area (Å²) in [6, 6.07) is 5.85. The van der Waals surface area contributed by atoms with Gasteiger partial charge in [-0.15, -0.1) is 0 Å². The lowest BCUT2D eigenvalue weighted by atomic mass is 9.80. The van der Waals surface area contributed by atoms with Gasteiger partial charge in [-0.2, -0.15) is 0 Å². The summed E-state index contributed by atoms with van der Waals surface area (Å²) in [5.74, 6) is 2.88. The average molecular weight is 388 g/mol. The van der Waals surface area contributed by atoms with Crippen LogP contribution in [0, 0.1) is 17.8 Å². The molecule has 6 heteroatoms. The zero-order valence-corrected chi connectivity index (χ0v) is 16.3. The fourth-order valence-electron chi connectivity index (χ4n) is 6.26. The van der Waals surface area contributed by atoms with Gasteiger partial charge in [0, 0.05) is 30.3 Å². The number of nitrogens with zero attached hydrogens (tertiary/aromatic N) is 2. The van der Waals surface area contributed by atoms with Crippen molar-refractivity contribution in [3.63, 3.8) is 0 Å². The van der Waals surface area contributed by atoms with Crippen molar-refractivity contribution in [3.8, 4) is 0 Å². The Morgan fingerprint density at radius 2 is 2.17 bits per heavy atom. The van der Waals surface area contributed by atoms with Gasteiger partial charge in [0.25, 0.3) is 0 Å². The maximum absolute atomic E-state index is 12.8. The molecule has 4 unspecified atom stereocenters. The van der Waals surface area contributed by atoms with Gasteiger partial charge in [0.15, 0.2) is 0 Å². The summed E-state index contributed by atoms with van der Waals surface area (Å²) in [4.78, 5) is 34.3. The molecule has 3 heterocycles. The van der Waals surface area contributed by atoms with Crippen molar-refractivity contribution in [2.45, 2.75) is 50.4 Å². The molecule has 4 atom stereocenters. The predicted octanol–water partition coefficient (Wildman–Crippen LogP) is 3.23. The number of hydrogen-bond donors (Lipinski definition) is 2. The minimum absolute atomic E-state index is 0.00827. The van der Waals surface area contributed by atoms with Crippen LogP contribution in [0.25, 0.3) is 0 Å². The van der Waals surface area contributed by atoms with Gasteiger partial charge in [-0.1, -0.05) is 12.5 Å². The van der Waals surface area contributed by atoms with Gasteiger partial charge in [-0.3, -0.25) is 14.6 Å². The molecule has 0 aromatic carbocycles. The molecule has 6 rings (SSSR count). The number of aromatic nitrogens is 2. The molecule has 1 spiro atoms. The van der Waals surface area contributed by atoms with E-state index in [9.17, 15) is 9.59 Å². The van der Waals surface area contributed by atoms with Gasteiger partial charge >= 0.3 is 0 Å². The quantitative estimate of drug-likeness (QED) is 0.846. The molecule has 2 N–H and O–H groups in total. The second kappa shape index (κ2) is 6.12. The normalized spacial score (nSPS) is 31.0. The molecule has 4 aliphatic rings. The minimum Gasteiger partial charge on any atom is -0.325 e. The Morgan fingerprint density at radius 1 is 1.24 bits per heavy atom. The predicted molar refractivity (Wildman–Crippen MR) is 108 cm³/mol. The highest BCUT2D eigenvalue weighted by atomic mass is 16.2. The highest BCUT2D eigenvalue weighted by Gasteiger charge is 2.51. The van der Waals surface area contributed by atoms with Crippen LogP contribution >= 0.6 is 0 Å². The smallest absolute Gasteiger partial charge is 0.237 e. The van der Waals surface area contributed by atoms with Crippen molar-refractivity contribution in [2.75, 3.05) is 10.6 Å². The summed E-state index contributed by atoms with van der Waals surface area (Å²) < 4.78 is 0. The molecule has 2 bridgehead atoms. The molecule has 2 aromatic heterocycles. The van der Waals surface area contributed by atoms with Crippen LogP contribution in [0.2, 0.25) is 0 Å². The molecule has 0 saturated heterocycles. The van der Waals surface area contributed by atoms with E-state index in [1.54, 1.807) is 12.4 Å². The highest BCUT2D eigenvalue weighted by Crippen LogP contribution is 2.50. The SMILES string of the molecule is O=C(CC1CC2CCC1C2)Nc1cnc2c(c1)CC1(C2)C(=O)Nc2ncccc21. The van der Waals surface area contributed by atoms with Crippen molar-refractivity contribution in [2.24, 2.45) is 17.8 Å². The van der Waals surface area contributed by atoms with E-state index in [2.05, 4.69) is 20.6 Å². The Balaban J connectivity index is 1.19. The first kappa shape index (κ1) is 17.1. The van der Waals surface area contributed by atoms with Crippen molar-refractivity contribution < 1.29 is 9.59 Å². The number of pyridine rings is 2. The minimum atomic E-state index is -0.620. The van der Waals surface area contributed by atoms with E-state index in [-0.39, 0.29) is 11.8 Å². The summed E-state index contributed by atoms with van der Waals surface area (Å²) in [6.07, 6.45) is 10.4. The first-order chi connectivity index (χ1) is 14.1. The Labute approximate surface area is 169 Å². The van der Waals surface area contributed by atoms with Gasteiger partial charge < -0.3 is 10.6 Å². The van der Waals surface area contributed by atoms with E-state index < -0.39 is 5.41 Å². The highest BCUT2D eigenvalue weighted by molar-refractivity contribution is 6.06. The Kier molecular flexibility index (Phi) is 3.61. The molecule has 2 amide bonds. The van der Waals surface area contributed by atoms with Crippen LogP contribution < -0.4 is 10.6 Å². The third-order valence-corrected chi connectivity index (χ3v) is 7.63. The number of fused-ring (bicyclic) bond motifs is 5. The molecular formula is C23H24N4O2. The largest absolute Gasteiger partial charge is 0.325 e. The summed E-state index contributed by atoms with van der Waals surface area (Å²) in [7, 11) is 0. The maximum Gasteiger partial charge on any atom is 0.237 e. The number of rotatable bonds is 3. The van der Waals surface area contributed by atoms with Crippen LogP contribution in [0.1, 0.15) is 48.9 Å². The Hall–Kier alpha value is -2.76. The second-order valence-electron chi connectivity index (χ2n) is 9.31.